The monoisotopic (exact) mass is 251 g/mol. The maximum Gasteiger partial charge on any atom is 0.227 e. The van der Waals surface area contributed by atoms with Crippen LogP contribution in [0, 0.1) is 6.92 Å². The van der Waals surface area contributed by atoms with Gasteiger partial charge in [0.15, 0.2) is 5.82 Å². The molecular weight excluding hydrogens is 230 g/mol. The Labute approximate surface area is 107 Å². The van der Waals surface area contributed by atoms with Crippen LogP contribution >= 0.6 is 0 Å². The fourth-order valence-corrected chi connectivity index (χ4v) is 2.95. The van der Waals surface area contributed by atoms with Crippen molar-refractivity contribution in [2.45, 2.75) is 57.1 Å². The lowest BCUT2D eigenvalue weighted by atomic mass is 9.74. The van der Waals surface area contributed by atoms with Gasteiger partial charge < -0.3 is 14.6 Å². The second-order valence-corrected chi connectivity index (χ2v) is 5.51. The van der Waals surface area contributed by atoms with Gasteiger partial charge in [0.2, 0.25) is 5.89 Å². The van der Waals surface area contributed by atoms with Crippen molar-refractivity contribution >= 4 is 0 Å². The van der Waals surface area contributed by atoms with Crippen LogP contribution in [0.15, 0.2) is 4.52 Å². The van der Waals surface area contributed by atoms with Gasteiger partial charge in [-0.05, 0) is 39.0 Å². The van der Waals surface area contributed by atoms with E-state index in [0.29, 0.717) is 11.9 Å². The molecule has 2 aliphatic rings. The maximum atomic E-state index is 5.92. The molecule has 3 rings (SSSR count). The van der Waals surface area contributed by atoms with Crippen molar-refractivity contribution in [3.8, 4) is 0 Å². The van der Waals surface area contributed by atoms with E-state index in [1.54, 1.807) is 0 Å². The zero-order valence-corrected chi connectivity index (χ0v) is 10.9. The summed E-state index contributed by atoms with van der Waals surface area (Å²) in [4.78, 5) is 4.21. The predicted octanol–water partition coefficient (Wildman–Crippen LogP) is 1.61. The van der Waals surface area contributed by atoms with Gasteiger partial charge >= 0.3 is 0 Å². The first kappa shape index (κ1) is 12.1. The second kappa shape index (κ2) is 4.97. The highest BCUT2D eigenvalue weighted by Crippen LogP contribution is 2.42. The van der Waals surface area contributed by atoms with E-state index >= 15 is 0 Å². The number of hydrogen-bond donors (Lipinski definition) is 1. The van der Waals surface area contributed by atoms with E-state index in [0.717, 1.165) is 38.3 Å². The molecule has 2 fully saturated rings. The van der Waals surface area contributed by atoms with Gasteiger partial charge in [-0.25, -0.2) is 0 Å². The molecule has 100 valence electrons. The molecule has 1 aliphatic heterocycles. The highest BCUT2D eigenvalue weighted by Gasteiger charge is 2.42. The first-order valence-electron chi connectivity index (χ1n) is 6.92. The Bertz CT molecular complexity index is 401. The third-order valence-electron chi connectivity index (χ3n) is 4.10. The van der Waals surface area contributed by atoms with Crippen LogP contribution < -0.4 is 5.32 Å². The number of hydrogen-bond acceptors (Lipinski definition) is 5. The lowest BCUT2D eigenvalue weighted by Gasteiger charge is -2.47. The molecule has 2 heterocycles. The van der Waals surface area contributed by atoms with Gasteiger partial charge in [-0.3, -0.25) is 0 Å². The number of aryl methyl sites for hydroxylation is 1. The molecule has 0 bridgehead atoms. The summed E-state index contributed by atoms with van der Waals surface area (Å²) >= 11 is 0. The molecular formula is C13H21N3O2. The van der Waals surface area contributed by atoms with Crippen LogP contribution in [0.1, 0.15) is 43.8 Å². The highest BCUT2D eigenvalue weighted by atomic mass is 16.5. The van der Waals surface area contributed by atoms with Crippen molar-refractivity contribution in [2.75, 3.05) is 13.2 Å². The molecule has 0 radical (unpaired) electrons. The fraction of sp³-hybridized carbons (Fsp3) is 0.846. The molecule has 1 spiro atoms. The van der Waals surface area contributed by atoms with Crippen LogP contribution in [0.5, 0.6) is 0 Å². The van der Waals surface area contributed by atoms with E-state index in [9.17, 15) is 0 Å². The minimum Gasteiger partial charge on any atom is -0.375 e. The van der Waals surface area contributed by atoms with Gasteiger partial charge in [-0.2, -0.15) is 4.98 Å². The molecule has 5 heteroatoms. The molecule has 18 heavy (non-hydrogen) atoms. The van der Waals surface area contributed by atoms with Gasteiger partial charge in [-0.1, -0.05) is 5.16 Å². The topological polar surface area (TPSA) is 60.2 Å². The van der Waals surface area contributed by atoms with Gasteiger partial charge in [0, 0.05) is 25.6 Å². The standard InChI is InChI=1S/C13H21N3O2/c1-10-15-12(18-16-10)3-7-14-11-4-8-17-13(9-11)5-2-6-13/h11,14H,2-9H2,1H3. The van der Waals surface area contributed by atoms with Crippen molar-refractivity contribution in [1.29, 1.82) is 0 Å². The highest BCUT2D eigenvalue weighted by molar-refractivity contribution is 4.96. The first-order chi connectivity index (χ1) is 8.76. The van der Waals surface area contributed by atoms with Gasteiger partial charge in [0.25, 0.3) is 0 Å². The first-order valence-corrected chi connectivity index (χ1v) is 6.92. The van der Waals surface area contributed by atoms with E-state index in [-0.39, 0.29) is 5.60 Å². The Hall–Kier alpha value is -0.940. The Balaban J connectivity index is 1.43. The van der Waals surface area contributed by atoms with E-state index < -0.39 is 0 Å². The molecule has 1 aromatic rings. The van der Waals surface area contributed by atoms with Gasteiger partial charge in [0.1, 0.15) is 0 Å². The number of nitrogens with zero attached hydrogens (tertiary/aromatic N) is 2. The van der Waals surface area contributed by atoms with Gasteiger partial charge in [-0.15, -0.1) is 0 Å². The van der Waals surface area contributed by atoms with E-state index in [1.165, 1.54) is 19.3 Å². The number of nitrogens with one attached hydrogen (secondary N) is 1. The zero-order valence-electron chi connectivity index (χ0n) is 10.9. The summed E-state index contributed by atoms with van der Waals surface area (Å²) in [5.41, 5.74) is 0.219. The van der Waals surface area contributed by atoms with Crippen LogP contribution in [0.4, 0.5) is 0 Å². The molecule has 1 N–H and O–H groups in total. The largest absolute Gasteiger partial charge is 0.375 e. The molecule has 0 amide bonds. The third-order valence-corrected chi connectivity index (χ3v) is 4.10. The number of rotatable bonds is 4. The van der Waals surface area contributed by atoms with Crippen LogP contribution in [0.25, 0.3) is 0 Å². The quantitative estimate of drug-likeness (QED) is 0.881. The summed E-state index contributed by atoms with van der Waals surface area (Å²) in [7, 11) is 0. The minimum absolute atomic E-state index is 0.219. The molecule has 1 atom stereocenters. The fourth-order valence-electron chi connectivity index (χ4n) is 2.95. The molecule has 1 saturated heterocycles. The van der Waals surface area contributed by atoms with E-state index in [1.807, 2.05) is 6.92 Å². The summed E-state index contributed by atoms with van der Waals surface area (Å²) in [5.74, 6) is 1.44. The SMILES string of the molecule is Cc1noc(CCNC2CCOC3(CCC3)C2)n1. The molecule has 1 unspecified atom stereocenters. The predicted molar refractivity (Wildman–Crippen MR) is 66.3 cm³/mol. The molecule has 1 aliphatic carbocycles. The van der Waals surface area contributed by atoms with Crippen molar-refractivity contribution in [1.82, 2.24) is 15.5 Å². The van der Waals surface area contributed by atoms with Gasteiger partial charge in [0.05, 0.1) is 5.60 Å². The smallest absolute Gasteiger partial charge is 0.227 e. The zero-order chi connectivity index (χ0) is 12.4. The van der Waals surface area contributed by atoms with E-state index in [4.69, 9.17) is 9.26 Å². The summed E-state index contributed by atoms with van der Waals surface area (Å²) < 4.78 is 11.0. The van der Waals surface area contributed by atoms with Crippen molar-refractivity contribution in [2.24, 2.45) is 0 Å². The van der Waals surface area contributed by atoms with E-state index in [2.05, 4.69) is 15.5 Å². The molecule has 0 aromatic carbocycles. The average molecular weight is 251 g/mol. The summed E-state index contributed by atoms with van der Waals surface area (Å²) in [6, 6.07) is 0.586. The van der Waals surface area contributed by atoms with Crippen molar-refractivity contribution in [3.63, 3.8) is 0 Å². The van der Waals surface area contributed by atoms with Crippen LogP contribution in [-0.4, -0.2) is 34.9 Å². The van der Waals surface area contributed by atoms with Crippen LogP contribution in [0.2, 0.25) is 0 Å². The maximum absolute atomic E-state index is 5.92. The Morgan fingerprint density at radius 1 is 1.44 bits per heavy atom. The Morgan fingerprint density at radius 2 is 2.33 bits per heavy atom. The molecule has 1 saturated carbocycles. The second-order valence-electron chi connectivity index (χ2n) is 5.51. The molecule has 5 nitrogen and oxygen atoms in total. The Morgan fingerprint density at radius 3 is 3.00 bits per heavy atom. The molecule has 1 aromatic heterocycles. The lowest BCUT2D eigenvalue weighted by molar-refractivity contribution is -0.135. The van der Waals surface area contributed by atoms with Crippen LogP contribution in [0.3, 0.4) is 0 Å². The number of aromatic nitrogens is 2. The Kier molecular flexibility index (Phi) is 3.35. The normalized spacial score (nSPS) is 26.2. The lowest BCUT2D eigenvalue weighted by Crippen LogP contribution is -2.51. The summed E-state index contributed by atoms with van der Waals surface area (Å²) in [6.45, 7) is 3.65. The van der Waals surface area contributed by atoms with Crippen molar-refractivity contribution in [3.05, 3.63) is 11.7 Å². The minimum atomic E-state index is 0.219. The van der Waals surface area contributed by atoms with Crippen LogP contribution in [-0.2, 0) is 11.2 Å². The average Bonchev–Trinajstić information content (AvgIpc) is 2.74. The number of ether oxygens (including phenoxy) is 1. The summed E-state index contributed by atoms with van der Waals surface area (Å²) in [5, 5.41) is 7.39. The third kappa shape index (κ3) is 2.57. The summed E-state index contributed by atoms with van der Waals surface area (Å²) in [6.07, 6.45) is 6.90. The van der Waals surface area contributed by atoms with Crippen molar-refractivity contribution < 1.29 is 9.26 Å².